The van der Waals surface area contributed by atoms with Crippen molar-refractivity contribution in [2.24, 2.45) is 5.92 Å². The first-order valence-electron chi connectivity index (χ1n) is 8.35. The van der Waals surface area contributed by atoms with Crippen LogP contribution in [-0.4, -0.2) is 30.4 Å². The number of hydrogen-bond acceptors (Lipinski definition) is 4. The predicted molar refractivity (Wildman–Crippen MR) is 98.6 cm³/mol. The minimum Gasteiger partial charge on any atom is -0.454 e. The number of carbonyl (C=O) groups is 3. The summed E-state index contributed by atoms with van der Waals surface area (Å²) in [6, 6.07) is 16.6. The Morgan fingerprint density at radius 3 is 2.08 bits per heavy atom. The van der Waals surface area contributed by atoms with Crippen LogP contribution >= 0.6 is 0 Å². The van der Waals surface area contributed by atoms with E-state index in [-0.39, 0.29) is 11.8 Å². The first-order chi connectivity index (χ1) is 12.5. The van der Waals surface area contributed by atoms with Gasteiger partial charge in [-0.3, -0.25) is 9.59 Å². The van der Waals surface area contributed by atoms with E-state index >= 15 is 0 Å². The number of anilines is 1. The summed E-state index contributed by atoms with van der Waals surface area (Å²) in [5.41, 5.74) is 1.07. The minimum atomic E-state index is -0.841. The molecule has 0 aliphatic heterocycles. The molecule has 26 heavy (non-hydrogen) atoms. The van der Waals surface area contributed by atoms with Crippen LogP contribution in [0, 0.1) is 5.92 Å². The maximum absolute atomic E-state index is 12.3. The van der Waals surface area contributed by atoms with Crippen molar-refractivity contribution < 1.29 is 19.1 Å². The van der Waals surface area contributed by atoms with Gasteiger partial charge in [0, 0.05) is 11.3 Å². The highest BCUT2D eigenvalue weighted by molar-refractivity contribution is 5.97. The molecule has 6 heteroatoms. The van der Waals surface area contributed by atoms with Gasteiger partial charge in [-0.15, -0.1) is 0 Å². The van der Waals surface area contributed by atoms with Crippen LogP contribution in [0.15, 0.2) is 60.7 Å². The summed E-state index contributed by atoms with van der Waals surface area (Å²) in [7, 11) is 0. The van der Waals surface area contributed by atoms with Gasteiger partial charge in [0.25, 0.3) is 11.8 Å². The number of carbonyl (C=O) groups excluding carboxylic acids is 3. The maximum Gasteiger partial charge on any atom is 0.329 e. The van der Waals surface area contributed by atoms with Crippen molar-refractivity contribution in [3.05, 3.63) is 66.2 Å². The van der Waals surface area contributed by atoms with E-state index in [4.69, 9.17) is 4.74 Å². The normalized spacial score (nSPS) is 11.5. The van der Waals surface area contributed by atoms with Crippen LogP contribution in [0.5, 0.6) is 0 Å². The van der Waals surface area contributed by atoms with E-state index in [1.165, 1.54) is 0 Å². The maximum atomic E-state index is 12.3. The summed E-state index contributed by atoms with van der Waals surface area (Å²) in [6.45, 7) is 3.17. The largest absolute Gasteiger partial charge is 0.454 e. The first-order valence-corrected chi connectivity index (χ1v) is 8.35. The molecule has 2 aromatic rings. The van der Waals surface area contributed by atoms with Crippen LogP contribution in [0.25, 0.3) is 0 Å². The molecule has 0 bridgehead atoms. The fourth-order valence-corrected chi connectivity index (χ4v) is 2.26. The molecule has 1 atom stereocenters. The minimum absolute atomic E-state index is 0.188. The fourth-order valence-electron chi connectivity index (χ4n) is 2.26. The van der Waals surface area contributed by atoms with E-state index < -0.39 is 24.5 Å². The average Bonchev–Trinajstić information content (AvgIpc) is 2.65. The van der Waals surface area contributed by atoms with Crippen molar-refractivity contribution in [2.45, 2.75) is 19.9 Å². The number of rotatable bonds is 7. The molecule has 2 aromatic carbocycles. The zero-order valence-electron chi connectivity index (χ0n) is 14.8. The van der Waals surface area contributed by atoms with E-state index in [0.717, 1.165) is 0 Å². The third-order valence-corrected chi connectivity index (χ3v) is 3.65. The molecule has 136 valence electrons. The molecular formula is C20H22N2O4. The van der Waals surface area contributed by atoms with Gasteiger partial charge < -0.3 is 15.4 Å². The summed E-state index contributed by atoms with van der Waals surface area (Å²) >= 11 is 0. The standard InChI is InChI=1S/C20H22N2O4/c1-14(2)18(22-19(24)15-9-5-3-6-10-15)20(25)26-13-17(23)21-16-11-7-4-8-12-16/h3-12,14,18H,13H2,1-2H3,(H,21,23)(H,22,24). The van der Waals surface area contributed by atoms with Crippen molar-refractivity contribution >= 4 is 23.5 Å². The highest BCUT2D eigenvalue weighted by Gasteiger charge is 2.26. The Kier molecular flexibility index (Phi) is 6.91. The summed E-state index contributed by atoms with van der Waals surface area (Å²) in [5, 5.41) is 5.29. The zero-order valence-corrected chi connectivity index (χ0v) is 14.8. The molecule has 0 fully saturated rings. The molecule has 0 heterocycles. The monoisotopic (exact) mass is 354 g/mol. The van der Waals surface area contributed by atoms with E-state index in [0.29, 0.717) is 11.3 Å². The molecule has 0 aliphatic carbocycles. The van der Waals surface area contributed by atoms with Gasteiger partial charge in [-0.1, -0.05) is 50.2 Å². The van der Waals surface area contributed by atoms with E-state index in [1.807, 2.05) is 6.07 Å². The highest BCUT2D eigenvalue weighted by Crippen LogP contribution is 2.08. The van der Waals surface area contributed by atoms with Crippen LogP contribution in [0.2, 0.25) is 0 Å². The molecule has 2 rings (SSSR count). The van der Waals surface area contributed by atoms with Crippen molar-refractivity contribution in [3.8, 4) is 0 Å². The molecule has 2 N–H and O–H groups in total. The van der Waals surface area contributed by atoms with Gasteiger partial charge in [0.1, 0.15) is 6.04 Å². The average molecular weight is 354 g/mol. The van der Waals surface area contributed by atoms with E-state index in [9.17, 15) is 14.4 Å². The number of amides is 2. The number of nitrogens with one attached hydrogen (secondary N) is 2. The van der Waals surface area contributed by atoms with Gasteiger partial charge in [0.2, 0.25) is 0 Å². The quantitative estimate of drug-likeness (QED) is 0.749. The molecule has 0 spiro atoms. The van der Waals surface area contributed by atoms with Gasteiger partial charge in [-0.25, -0.2) is 4.79 Å². The third kappa shape index (κ3) is 5.73. The molecule has 0 aliphatic rings. The van der Waals surface area contributed by atoms with Crippen LogP contribution in [0.4, 0.5) is 5.69 Å². The predicted octanol–water partition coefficient (Wildman–Crippen LogP) is 2.62. The number of esters is 1. The zero-order chi connectivity index (χ0) is 18.9. The molecule has 2 amide bonds. The third-order valence-electron chi connectivity index (χ3n) is 3.65. The summed E-state index contributed by atoms with van der Waals surface area (Å²) in [4.78, 5) is 36.4. The number of ether oxygens (including phenoxy) is 1. The van der Waals surface area contributed by atoms with Crippen molar-refractivity contribution in [3.63, 3.8) is 0 Å². The topological polar surface area (TPSA) is 84.5 Å². The lowest BCUT2D eigenvalue weighted by Gasteiger charge is -2.20. The van der Waals surface area contributed by atoms with Gasteiger partial charge in [-0.05, 0) is 30.2 Å². The Bertz CT molecular complexity index is 745. The van der Waals surface area contributed by atoms with E-state index in [2.05, 4.69) is 10.6 Å². The Labute approximate surface area is 152 Å². The summed E-state index contributed by atoms with van der Waals surface area (Å²) in [6.07, 6.45) is 0. The SMILES string of the molecule is CC(C)C(NC(=O)c1ccccc1)C(=O)OCC(=O)Nc1ccccc1. The second-order valence-corrected chi connectivity index (χ2v) is 6.08. The van der Waals surface area contributed by atoms with Crippen LogP contribution < -0.4 is 10.6 Å². The van der Waals surface area contributed by atoms with Crippen molar-refractivity contribution in [1.82, 2.24) is 5.32 Å². The molecule has 6 nitrogen and oxygen atoms in total. The van der Waals surface area contributed by atoms with Gasteiger partial charge in [0.05, 0.1) is 0 Å². The van der Waals surface area contributed by atoms with E-state index in [1.54, 1.807) is 68.4 Å². The Balaban J connectivity index is 1.89. The molecule has 1 unspecified atom stereocenters. The lowest BCUT2D eigenvalue weighted by atomic mass is 10.0. The Morgan fingerprint density at radius 2 is 1.50 bits per heavy atom. The molecule has 0 saturated carbocycles. The number of hydrogen-bond donors (Lipinski definition) is 2. The van der Waals surface area contributed by atoms with Gasteiger partial charge in [0.15, 0.2) is 6.61 Å². The smallest absolute Gasteiger partial charge is 0.329 e. The Hall–Kier alpha value is -3.15. The molecular weight excluding hydrogens is 332 g/mol. The molecule has 0 saturated heterocycles. The summed E-state index contributed by atoms with van der Waals surface area (Å²) in [5.74, 6) is -1.64. The van der Waals surface area contributed by atoms with Crippen LogP contribution in [0.3, 0.4) is 0 Å². The Morgan fingerprint density at radius 1 is 0.923 bits per heavy atom. The number of para-hydroxylation sites is 1. The lowest BCUT2D eigenvalue weighted by molar-refractivity contribution is -0.150. The molecule has 0 radical (unpaired) electrons. The molecule has 0 aromatic heterocycles. The number of benzene rings is 2. The van der Waals surface area contributed by atoms with Gasteiger partial charge in [-0.2, -0.15) is 0 Å². The van der Waals surface area contributed by atoms with Crippen LogP contribution in [-0.2, 0) is 14.3 Å². The fraction of sp³-hybridized carbons (Fsp3) is 0.250. The van der Waals surface area contributed by atoms with Crippen molar-refractivity contribution in [2.75, 3.05) is 11.9 Å². The first kappa shape index (κ1) is 19.2. The second kappa shape index (κ2) is 9.36. The van der Waals surface area contributed by atoms with Crippen molar-refractivity contribution in [1.29, 1.82) is 0 Å². The van der Waals surface area contributed by atoms with Gasteiger partial charge >= 0.3 is 5.97 Å². The summed E-state index contributed by atoms with van der Waals surface area (Å²) < 4.78 is 5.07. The lowest BCUT2D eigenvalue weighted by Crippen LogP contribution is -2.45. The van der Waals surface area contributed by atoms with Crippen LogP contribution in [0.1, 0.15) is 24.2 Å². The highest BCUT2D eigenvalue weighted by atomic mass is 16.5. The second-order valence-electron chi connectivity index (χ2n) is 6.08.